The molecule has 1 unspecified atom stereocenters. The number of hydrogen-bond acceptors (Lipinski definition) is 2. The van der Waals surface area contributed by atoms with Gasteiger partial charge in [-0.3, -0.25) is 0 Å². The first-order chi connectivity index (χ1) is 9.72. The van der Waals surface area contributed by atoms with Crippen molar-refractivity contribution >= 4 is 11.6 Å². The van der Waals surface area contributed by atoms with E-state index in [0.29, 0.717) is 0 Å². The van der Waals surface area contributed by atoms with Crippen LogP contribution in [-0.2, 0) is 13.5 Å². The summed E-state index contributed by atoms with van der Waals surface area (Å²) < 4.78 is 2.07. The number of imidazole rings is 1. The molecule has 1 heterocycles. The zero-order chi connectivity index (χ0) is 14.4. The van der Waals surface area contributed by atoms with Crippen LogP contribution >= 0.6 is 11.6 Å². The van der Waals surface area contributed by atoms with Gasteiger partial charge in [-0.1, -0.05) is 36.7 Å². The summed E-state index contributed by atoms with van der Waals surface area (Å²) in [6, 6.07) is 8.36. The monoisotopic (exact) mass is 291 g/mol. The number of aryl methyl sites for hydroxylation is 2. The second kappa shape index (κ2) is 7.46. The maximum atomic E-state index is 6.33. The highest BCUT2D eigenvalue weighted by Gasteiger charge is 2.14. The first kappa shape index (κ1) is 15.1. The molecular weight excluding hydrogens is 270 g/mol. The van der Waals surface area contributed by atoms with Crippen molar-refractivity contribution in [3.8, 4) is 0 Å². The fourth-order valence-electron chi connectivity index (χ4n) is 2.35. The molecule has 0 aliphatic carbocycles. The number of rotatable bonds is 7. The van der Waals surface area contributed by atoms with Crippen molar-refractivity contribution in [2.24, 2.45) is 7.05 Å². The third kappa shape index (κ3) is 3.84. The van der Waals surface area contributed by atoms with E-state index in [4.69, 9.17) is 11.6 Å². The van der Waals surface area contributed by atoms with Crippen molar-refractivity contribution in [1.29, 1.82) is 0 Å². The fourth-order valence-corrected chi connectivity index (χ4v) is 2.62. The molecule has 2 rings (SSSR count). The summed E-state index contributed by atoms with van der Waals surface area (Å²) >= 11 is 6.33. The lowest BCUT2D eigenvalue weighted by Crippen LogP contribution is -2.23. The third-order valence-electron chi connectivity index (χ3n) is 3.50. The van der Waals surface area contributed by atoms with Crippen LogP contribution in [0.2, 0.25) is 5.02 Å². The number of halogens is 1. The van der Waals surface area contributed by atoms with Crippen LogP contribution in [-0.4, -0.2) is 16.1 Å². The number of hydrogen-bond donors (Lipinski definition) is 1. The molecule has 108 valence electrons. The molecule has 3 nitrogen and oxygen atoms in total. The van der Waals surface area contributed by atoms with Gasteiger partial charge in [-0.05, 0) is 31.0 Å². The van der Waals surface area contributed by atoms with E-state index in [-0.39, 0.29) is 6.04 Å². The van der Waals surface area contributed by atoms with Gasteiger partial charge in [-0.2, -0.15) is 0 Å². The lowest BCUT2D eigenvalue weighted by Gasteiger charge is -2.20. The first-order valence-corrected chi connectivity index (χ1v) is 7.54. The average Bonchev–Trinajstić information content (AvgIpc) is 2.86. The van der Waals surface area contributed by atoms with Gasteiger partial charge in [0.25, 0.3) is 0 Å². The van der Waals surface area contributed by atoms with Gasteiger partial charge in [-0.25, -0.2) is 4.98 Å². The Bertz CT molecular complexity index is 536. The van der Waals surface area contributed by atoms with Gasteiger partial charge in [-0.15, -0.1) is 0 Å². The molecule has 0 radical (unpaired) electrons. The van der Waals surface area contributed by atoms with E-state index in [1.165, 1.54) is 5.56 Å². The maximum Gasteiger partial charge on any atom is 0.108 e. The summed E-state index contributed by atoms with van der Waals surface area (Å²) in [4.78, 5) is 4.39. The summed E-state index contributed by atoms with van der Waals surface area (Å²) in [6.07, 6.45) is 6.88. The van der Waals surface area contributed by atoms with Gasteiger partial charge >= 0.3 is 0 Å². The first-order valence-electron chi connectivity index (χ1n) is 7.16. The summed E-state index contributed by atoms with van der Waals surface area (Å²) in [5.41, 5.74) is 1.18. The Morgan fingerprint density at radius 2 is 2.15 bits per heavy atom. The normalized spacial score (nSPS) is 12.6. The number of benzene rings is 1. The Morgan fingerprint density at radius 3 is 2.80 bits per heavy atom. The molecule has 1 aromatic heterocycles. The van der Waals surface area contributed by atoms with Crippen LogP contribution in [0, 0.1) is 0 Å². The second-order valence-electron chi connectivity index (χ2n) is 5.02. The van der Waals surface area contributed by atoms with Gasteiger partial charge in [0, 0.05) is 36.9 Å². The maximum absolute atomic E-state index is 6.33. The highest BCUT2D eigenvalue weighted by Crippen LogP contribution is 2.26. The molecule has 1 aromatic carbocycles. The van der Waals surface area contributed by atoms with Crippen LogP contribution in [0.4, 0.5) is 0 Å². The van der Waals surface area contributed by atoms with Crippen molar-refractivity contribution in [3.05, 3.63) is 53.1 Å². The zero-order valence-corrected chi connectivity index (χ0v) is 12.9. The van der Waals surface area contributed by atoms with E-state index in [0.717, 1.165) is 36.7 Å². The fraction of sp³-hybridized carbons (Fsp3) is 0.438. The van der Waals surface area contributed by atoms with Crippen LogP contribution in [0.3, 0.4) is 0 Å². The number of aromatic nitrogens is 2. The van der Waals surface area contributed by atoms with Crippen LogP contribution < -0.4 is 5.32 Å². The molecule has 1 N–H and O–H groups in total. The standard InChI is InChI=1S/C16H22ClN3/c1-3-10-18-15(13-6-4-5-7-14(13)17)8-9-16-19-11-12-20(16)2/h4-7,11-12,15,18H,3,8-10H2,1-2H3. The molecule has 20 heavy (non-hydrogen) atoms. The molecule has 4 heteroatoms. The quantitative estimate of drug-likeness (QED) is 0.842. The van der Waals surface area contributed by atoms with E-state index in [9.17, 15) is 0 Å². The SMILES string of the molecule is CCCNC(CCc1nccn1C)c1ccccc1Cl. The van der Waals surface area contributed by atoms with E-state index in [1.54, 1.807) is 0 Å². The lowest BCUT2D eigenvalue weighted by atomic mass is 10.0. The predicted octanol–water partition coefficient (Wildman–Crippen LogP) is 3.75. The Balaban J connectivity index is 2.08. The van der Waals surface area contributed by atoms with Gasteiger partial charge in [0.2, 0.25) is 0 Å². The van der Waals surface area contributed by atoms with Crippen molar-refractivity contribution in [3.63, 3.8) is 0 Å². The minimum absolute atomic E-state index is 0.278. The summed E-state index contributed by atoms with van der Waals surface area (Å²) in [7, 11) is 2.03. The van der Waals surface area contributed by atoms with Gasteiger partial charge in [0.1, 0.15) is 5.82 Å². The number of nitrogens with one attached hydrogen (secondary N) is 1. The summed E-state index contributed by atoms with van der Waals surface area (Å²) in [5, 5.41) is 4.42. The second-order valence-corrected chi connectivity index (χ2v) is 5.43. The van der Waals surface area contributed by atoms with Gasteiger partial charge in [0.15, 0.2) is 0 Å². The highest BCUT2D eigenvalue weighted by atomic mass is 35.5. The van der Waals surface area contributed by atoms with Crippen molar-refractivity contribution in [1.82, 2.24) is 14.9 Å². The Kier molecular flexibility index (Phi) is 5.62. The lowest BCUT2D eigenvalue weighted by molar-refractivity contribution is 0.491. The van der Waals surface area contributed by atoms with E-state index < -0.39 is 0 Å². The molecule has 0 fully saturated rings. The molecule has 0 saturated heterocycles. The van der Waals surface area contributed by atoms with E-state index in [1.807, 2.05) is 37.6 Å². The molecule has 2 aromatic rings. The Labute approximate surface area is 126 Å². The van der Waals surface area contributed by atoms with Crippen LogP contribution in [0.1, 0.15) is 37.2 Å². The Hall–Kier alpha value is -1.32. The molecule has 1 atom stereocenters. The molecule has 0 saturated carbocycles. The van der Waals surface area contributed by atoms with E-state index in [2.05, 4.69) is 27.9 Å². The minimum atomic E-state index is 0.278. The highest BCUT2D eigenvalue weighted by molar-refractivity contribution is 6.31. The van der Waals surface area contributed by atoms with Crippen LogP contribution in [0.15, 0.2) is 36.7 Å². The Morgan fingerprint density at radius 1 is 1.35 bits per heavy atom. The van der Waals surface area contributed by atoms with Crippen molar-refractivity contribution < 1.29 is 0 Å². The van der Waals surface area contributed by atoms with Crippen LogP contribution in [0.5, 0.6) is 0 Å². The third-order valence-corrected chi connectivity index (χ3v) is 3.84. The molecule has 0 spiro atoms. The van der Waals surface area contributed by atoms with E-state index >= 15 is 0 Å². The minimum Gasteiger partial charge on any atom is -0.338 e. The summed E-state index contributed by atoms with van der Waals surface area (Å²) in [5.74, 6) is 1.11. The molecule has 0 amide bonds. The molecule has 0 bridgehead atoms. The van der Waals surface area contributed by atoms with Crippen LogP contribution in [0.25, 0.3) is 0 Å². The van der Waals surface area contributed by atoms with Gasteiger partial charge in [0.05, 0.1) is 0 Å². The topological polar surface area (TPSA) is 29.9 Å². The smallest absolute Gasteiger partial charge is 0.108 e. The average molecular weight is 292 g/mol. The predicted molar refractivity (Wildman–Crippen MR) is 84.0 cm³/mol. The largest absolute Gasteiger partial charge is 0.338 e. The van der Waals surface area contributed by atoms with Crippen molar-refractivity contribution in [2.75, 3.05) is 6.54 Å². The zero-order valence-electron chi connectivity index (χ0n) is 12.1. The number of nitrogens with zero attached hydrogens (tertiary/aromatic N) is 2. The molecule has 0 aliphatic rings. The molecular formula is C16H22ClN3. The van der Waals surface area contributed by atoms with Gasteiger partial charge < -0.3 is 9.88 Å². The summed E-state index contributed by atoms with van der Waals surface area (Å²) in [6.45, 7) is 3.17. The molecule has 0 aliphatic heterocycles. The van der Waals surface area contributed by atoms with Crippen molar-refractivity contribution in [2.45, 2.75) is 32.2 Å².